The van der Waals surface area contributed by atoms with E-state index in [9.17, 15) is 9.18 Å². The normalized spacial score (nSPS) is 24.4. The van der Waals surface area contributed by atoms with E-state index in [0.29, 0.717) is 0 Å². The number of unbranched alkanes of at least 4 members (excludes halogenated alkanes) is 1. The van der Waals surface area contributed by atoms with E-state index in [0.717, 1.165) is 18.8 Å². The lowest BCUT2D eigenvalue weighted by Gasteiger charge is -2.29. The summed E-state index contributed by atoms with van der Waals surface area (Å²) in [5.41, 5.74) is 0. The van der Waals surface area contributed by atoms with E-state index in [1.807, 2.05) is 0 Å². The number of halogens is 1. The molecule has 100 valence electrons. The molecule has 1 aliphatic carbocycles. The van der Waals surface area contributed by atoms with Gasteiger partial charge in [-0.3, -0.25) is 0 Å². The standard InChI is InChI=1S/C13H25FN2O/c1-2-3-4-11-5-7-12(8-6-11)16-13(17)15-10-9-14/h11-12H,2-10H2,1H3,(H2,15,16,17). The highest BCUT2D eigenvalue weighted by Crippen LogP contribution is 2.28. The Kier molecular flexibility index (Phi) is 6.97. The maximum Gasteiger partial charge on any atom is 0.315 e. The van der Waals surface area contributed by atoms with Gasteiger partial charge in [0.1, 0.15) is 6.67 Å². The van der Waals surface area contributed by atoms with Crippen LogP contribution >= 0.6 is 0 Å². The molecule has 0 aliphatic heterocycles. The molecule has 0 aromatic carbocycles. The molecular formula is C13H25FN2O. The lowest BCUT2D eigenvalue weighted by atomic mass is 9.83. The smallest absolute Gasteiger partial charge is 0.315 e. The minimum atomic E-state index is -0.503. The molecule has 0 atom stereocenters. The van der Waals surface area contributed by atoms with E-state index in [-0.39, 0.29) is 18.6 Å². The second-order valence-corrected chi connectivity index (χ2v) is 4.95. The Hall–Kier alpha value is -0.800. The molecule has 2 amide bonds. The zero-order valence-corrected chi connectivity index (χ0v) is 10.8. The summed E-state index contributed by atoms with van der Waals surface area (Å²) in [6, 6.07) is 0.0622. The molecule has 0 spiro atoms. The monoisotopic (exact) mass is 244 g/mol. The van der Waals surface area contributed by atoms with E-state index >= 15 is 0 Å². The first kappa shape index (κ1) is 14.3. The lowest BCUT2D eigenvalue weighted by molar-refractivity contribution is 0.224. The van der Waals surface area contributed by atoms with Gasteiger partial charge in [-0.05, 0) is 31.6 Å². The maximum absolute atomic E-state index is 11.9. The first-order valence-electron chi connectivity index (χ1n) is 6.86. The molecule has 0 heterocycles. The highest BCUT2D eigenvalue weighted by molar-refractivity contribution is 5.74. The van der Waals surface area contributed by atoms with Gasteiger partial charge in [0.25, 0.3) is 0 Å². The molecule has 2 N–H and O–H groups in total. The molecule has 1 rings (SSSR count). The summed E-state index contributed by atoms with van der Waals surface area (Å²) in [6.45, 7) is 1.83. The van der Waals surface area contributed by atoms with Gasteiger partial charge in [0, 0.05) is 12.6 Å². The van der Waals surface area contributed by atoms with E-state index in [4.69, 9.17) is 0 Å². The number of alkyl halides is 1. The van der Waals surface area contributed by atoms with Crippen LogP contribution in [0.1, 0.15) is 51.9 Å². The van der Waals surface area contributed by atoms with Gasteiger partial charge < -0.3 is 10.6 Å². The van der Waals surface area contributed by atoms with Crippen LogP contribution in [-0.2, 0) is 0 Å². The zero-order chi connectivity index (χ0) is 12.5. The molecule has 1 fully saturated rings. The number of hydrogen-bond acceptors (Lipinski definition) is 1. The van der Waals surface area contributed by atoms with E-state index < -0.39 is 6.67 Å². The van der Waals surface area contributed by atoms with Crippen LogP contribution in [-0.4, -0.2) is 25.3 Å². The summed E-state index contributed by atoms with van der Waals surface area (Å²) < 4.78 is 11.9. The summed E-state index contributed by atoms with van der Waals surface area (Å²) in [6.07, 6.45) is 8.48. The van der Waals surface area contributed by atoms with Crippen LogP contribution < -0.4 is 10.6 Å². The number of nitrogens with one attached hydrogen (secondary N) is 2. The Bertz CT molecular complexity index is 215. The number of carbonyl (C=O) groups excluding carboxylic acids is 1. The van der Waals surface area contributed by atoms with Crippen molar-refractivity contribution < 1.29 is 9.18 Å². The molecular weight excluding hydrogens is 219 g/mol. The third-order valence-corrected chi connectivity index (χ3v) is 3.53. The van der Waals surface area contributed by atoms with Gasteiger partial charge in [0.15, 0.2) is 0 Å². The molecule has 1 saturated carbocycles. The third kappa shape index (κ3) is 5.89. The number of hydrogen-bond donors (Lipinski definition) is 2. The van der Waals surface area contributed by atoms with Gasteiger partial charge in [-0.25, -0.2) is 9.18 Å². The highest BCUT2D eigenvalue weighted by Gasteiger charge is 2.21. The lowest BCUT2D eigenvalue weighted by Crippen LogP contribution is -2.44. The molecule has 4 heteroatoms. The van der Waals surface area contributed by atoms with Crippen molar-refractivity contribution in [3.05, 3.63) is 0 Å². The number of rotatable bonds is 6. The molecule has 17 heavy (non-hydrogen) atoms. The SMILES string of the molecule is CCCCC1CCC(NC(=O)NCCF)CC1. The fourth-order valence-electron chi connectivity index (χ4n) is 2.49. The van der Waals surface area contributed by atoms with Crippen molar-refractivity contribution in [2.24, 2.45) is 5.92 Å². The summed E-state index contributed by atoms with van der Waals surface area (Å²) in [7, 11) is 0. The maximum atomic E-state index is 11.9. The molecule has 0 unspecified atom stereocenters. The minimum absolute atomic E-state index is 0.109. The molecule has 0 radical (unpaired) electrons. The minimum Gasteiger partial charge on any atom is -0.336 e. The van der Waals surface area contributed by atoms with Crippen molar-refractivity contribution in [2.45, 2.75) is 57.9 Å². The van der Waals surface area contributed by atoms with Gasteiger partial charge >= 0.3 is 6.03 Å². The molecule has 0 aromatic rings. The molecule has 1 aliphatic rings. The Morgan fingerprint density at radius 1 is 1.29 bits per heavy atom. The van der Waals surface area contributed by atoms with Crippen molar-refractivity contribution in [1.29, 1.82) is 0 Å². The van der Waals surface area contributed by atoms with Crippen LogP contribution in [0.5, 0.6) is 0 Å². The van der Waals surface area contributed by atoms with Gasteiger partial charge in [0.05, 0.1) is 0 Å². The summed E-state index contributed by atoms with van der Waals surface area (Å²) in [5, 5.41) is 5.41. The Balaban J connectivity index is 2.12. The predicted octanol–water partition coefficient (Wildman–Crippen LogP) is 3.00. The number of carbonyl (C=O) groups is 1. The van der Waals surface area contributed by atoms with Crippen molar-refractivity contribution >= 4 is 6.03 Å². The van der Waals surface area contributed by atoms with Crippen molar-refractivity contribution in [1.82, 2.24) is 10.6 Å². The van der Waals surface area contributed by atoms with Crippen LogP contribution in [0.15, 0.2) is 0 Å². The molecule has 3 nitrogen and oxygen atoms in total. The molecule has 0 bridgehead atoms. The first-order valence-corrected chi connectivity index (χ1v) is 6.86. The van der Waals surface area contributed by atoms with Gasteiger partial charge in [-0.2, -0.15) is 0 Å². The van der Waals surface area contributed by atoms with E-state index in [1.165, 1.54) is 32.1 Å². The van der Waals surface area contributed by atoms with Crippen molar-refractivity contribution in [3.63, 3.8) is 0 Å². The Morgan fingerprint density at radius 2 is 2.00 bits per heavy atom. The van der Waals surface area contributed by atoms with Crippen LogP contribution in [0.2, 0.25) is 0 Å². The molecule has 0 aromatic heterocycles. The zero-order valence-electron chi connectivity index (χ0n) is 10.8. The van der Waals surface area contributed by atoms with Crippen LogP contribution in [0.4, 0.5) is 9.18 Å². The van der Waals surface area contributed by atoms with Crippen molar-refractivity contribution in [2.75, 3.05) is 13.2 Å². The number of amides is 2. The second-order valence-electron chi connectivity index (χ2n) is 4.95. The highest BCUT2D eigenvalue weighted by atomic mass is 19.1. The Morgan fingerprint density at radius 3 is 2.59 bits per heavy atom. The van der Waals surface area contributed by atoms with Crippen LogP contribution in [0, 0.1) is 5.92 Å². The summed E-state index contributed by atoms with van der Waals surface area (Å²) >= 11 is 0. The van der Waals surface area contributed by atoms with Gasteiger partial charge in [-0.1, -0.05) is 26.2 Å². The van der Waals surface area contributed by atoms with Crippen LogP contribution in [0.3, 0.4) is 0 Å². The topological polar surface area (TPSA) is 41.1 Å². The van der Waals surface area contributed by atoms with Crippen LogP contribution in [0.25, 0.3) is 0 Å². The fourth-order valence-corrected chi connectivity index (χ4v) is 2.49. The molecule has 0 saturated heterocycles. The predicted molar refractivity (Wildman–Crippen MR) is 67.8 cm³/mol. The largest absolute Gasteiger partial charge is 0.336 e. The fraction of sp³-hybridized carbons (Fsp3) is 0.923. The van der Waals surface area contributed by atoms with E-state index in [1.54, 1.807) is 0 Å². The van der Waals surface area contributed by atoms with Gasteiger partial charge in [0.2, 0.25) is 0 Å². The van der Waals surface area contributed by atoms with Crippen molar-refractivity contribution in [3.8, 4) is 0 Å². The first-order chi connectivity index (χ1) is 8.26. The Labute approximate surface area is 104 Å². The second kappa shape index (κ2) is 8.31. The summed E-state index contributed by atoms with van der Waals surface area (Å²) in [5.74, 6) is 0.849. The van der Waals surface area contributed by atoms with Gasteiger partial charge in [-0.15, -0.1) is 0 Å². The average molecular weight is 244 g/mol. The van der Waals surface area contributed by atoms with E-state index in [2.05, 4.69) is 17.6 Å². The quantitative estimate of drug-likeness (QED) is 0.741. The number of urea groups is 1. The summed E-state index contributed by atoms with van der Waals surface area (Å²) in [4.78, 5) is 11.3. The average Bonchev–Trinajstić information content (AvgIpc) is 2.35. The third-order valence-electron chi connectivity index (χ3n) is 3.53.